The lowest BCUT2D eigenvalue weighted by Crippen LogP contribution is -2.36. The molecule has 0 amide bonds. The van der Waals surface area contributed by atoms with E-state index in [1.165, 1.54) is 0 Å². The molecular formula is C14H29NO2. The predicted octanol–water partition coefficient (Wildman–Crippen LogP) is 2.91. The highest BCUT2D eigenvalue weighted by Gasteiger charge is 2.07. The van der Waals surface area contributed by atoms with E-state index in [1.54, 1.807) is 6.08 Å². The van der Waals surface area contributed by atoms with Crippen molar-refractivity contribution in [1.82, 2.24) is 4.90 Å². The van der Waals surface area contributed by atoms with Gasteiger partial charge in [0.15, 0.2) is 5.78 Å². The molecule has 0 radical (unpaired) electrons. The van der Waals surface area contributed by atoms with E-state index in [0.29, 0.717) is 6.42 Å². The molecule has 3 heteroatoms. The van der Waals surface area contributed by atoms with Gasteiger partial charge in [0.2, 0.25) is 0 Å². The van der Waals surface area contributed by atoms with E-state index in [1.807, 2.05) is 40.7 Å². The first-order valence-electron chi connectivity index (χ1n) is 6.82. The Labute approximate surface area is 107 Å². The zero-order valence-corrected chi connectivity index (χ0v) is 12.2. The molecule has 0 N–H and O–H groups in total. The normalized spacial score (nSPS) is 15.6. The highest BCUT2D eigenvalue weighted by molar-refractivity contribution is 5.89. The fourth-order valence-corrected chi connectivity index (χ4v) is 1.23. The lowest BCUT2D eigenvalue weighted by molar-refractivity contribution is -0.114. The van der Waals surface area contributed by atoms with Crippen molar-refractivity contribution in [3.05, 3.63) is 12.2 Å². The molecule has 1 heterocycles. The van der Waals surface area contributed by atoms with Gasteiger partial charge in [0.1, 0.15) is 0 Å². The van der Waals surface area contributed by atoms with Gasteiger partial charge in [-0.05, 0) is 6.08 Å². The maximum atomic E-state index is 10.9. The first-order chi connectivity index (χ1) is 8.33. The summed E-state index contributed by atoms with van der Waals surface area (Å²) >= 11 is 0. The Kier molecular flexibility index (Phi) is 16.9. The van der Waals surface area contributed by atoms with Gasteiger partial charge in [-0.3, -0.25) is 9.69 Å². The minimum absolute atomic E-state index is 0.202. The van der Waals surface area contributed by atoms with Gasteiger partial charge in [0.05, 0.1) is 13.2 Å². The molecule has 0 unspecified atom stereocenters. The minimum Gasteiger partial charge on any atom is -0.379 e. The number of allylic oxidation sites excluding steroid dienone is 1. The molecule has 1 fully saturated rings. The molecule has 0 bridgehead atoms. The van der Waals surface area contributed by atoms with Crippen molar-refractivity contribution >= 4 is 5.78 Å². The maximum Gasteiger partial charge on any atom is 0.155 e. The Morgan fingerprint density at radius 2 is 1.71 bits per heavy atom. The molecule has 1 rings (SSSR count). The fourth-order valence-electron chi connectivity index (χ4n) is 1.23. The van der Waals surface area contributed by atoms with Crippen molar-refractivity contribution in [1.29, 1.82) is 0 Å². The van der Waals surface area contributed by atoms with E-state index in [-0.39, 0.29) is 5.78 Å². The Morgan fingerprint density at radius 1 is 1.18 bits per heavy atom. The smallest absolute Gasteiger partial charge is 0.155 e. The van der Waals surface area contributed by atoms with Crippen molar-refractivity contribution < 1.29 is 9.53 Å². The van der Waals surface area contributed by atoms with Crippen LogP contribution in [0.4, 0.5) is 0 Å². The Bertz CT molecular complexity index is 185. The number of ketones is 1. The second-order valence-electron chi connectivity index (χ2n) is 3.14. The van der Waals surface area contributed by atoms with E-state index >= 15 is 0 Å². The van der Waals surface area contributed by atoms with Crippen LogP contribution in [-0.2, 0) is 9.53 Å². The van der Waals surface area contributed by atoms with Crippen LogP contribution in [0.25, 0.3) is 0 Å². The number of morpholine rings is 1. The third-order valence-corrected chi connectivity index (χ3v) is 2.12. The van der Waals surface area contributed by atoms with Gasteiger partial charge in [-0.15, -0.1) is 0 Å². The summed E-state index contributed by atoms with van der Waals surface area (Å²) in [4.78, 5) is 13.2. The minimum atomic E-state index is 0.202. The Balaban J connectivity index is 0. The van der Waals surface area contributed by atoms with Crippen molar-refractivity contribution in [2.45, 2.75) is 41.0 Å². The van der Waals surface area contributed by atoms with Gasteiger partial charge >= 0.3 is 0 Å². The molecule has 102 valence electrons. The zero-order valence-electron chi connectivity index (χ0n) is 12.2. The van der Waals surface area contributed by atoms with Crippen LogP contribution < -0.4 is 0 Å². The third kappa shape index (κ3) is 11.6. The topological polar surface area (TPSA) is 29.5 Å². The summed E-state index contributed by atoms with van der Waals surface area (Å²) in [5.41, 5.74) is 0. The molecule has 3 nitrogen and oxygen atoms in total. The standard InChI is InChI=1S/C10H17NO2.2C2H6/c1-2-10(12)4-3-5-11-6-8-13-9-7-11;2*1-2/h3-4H,2,5-9H2,1H3;2*1-2H3/b4-3+;;. The zero-order chi connectivity index (χ0) is 13.5. The number of ether oxygens (including phenoxy) is 1. The lowest BCUT2D eigenvalue weighted by atomic mass is 10.3. The summed E-state index contributed by atoms with van der Waals surface area (Å²) in [7, 11) is 0. The molecule has 0 spiro atoms. The summed E-state index contributed by atoms with van der Waals surface area (Å²) < 4.78 is 5.22. The molecule has 0 aromatic carbocycles. The molecular weight excluding hydrogens is 214 g/mol. The Morgan fingerprint density at radius 3 is 2.18 bits per heavy atom. The second-order valence-corrected chi connectivity index (χ2v) is 3.14. The first kappa shape index (κ1) is 18.7. The third-order valence-electron chi connectivity index (χ3n) is 2.12. The molecule has 1 aliphatic rings. The average molecular weight is 243 g/mol. The van der Waals surface area contributed by atoms with Crippen molar-refractivity contribution in [3.63, 3.8) is 0 Å². The van der Waals surface area contributed by atoms with Crippen LogP contribution in [0.2, 0.25) is 0 Å². The summed E-state index contributed by atoms with van der Waals surface area (Å²) in [6.07, 6.45) is 4.21. The molecule has 0 aromatic heterocycles. The number of rotatable bonds is 4. The van der Waals surface area contributed by atoms with Gasteiger partial charge in [-0.25, -0.2) is 0 Å². The van der Waals surface area contributed by atoms with E-state index in [4.69, 9.17) is 4.74 Å². The SMILES string of the molecule is CC.CC.CCC(=O)/C=C/CN1CCOCC1. The number of carbonyl (C=O) groups is 1. The van der Waals surface area contributed by atoms with Crippen molar-refractivity contribution in [2.24, 2.45) is 0 Å². The number of nitrogens with zero attached hydrogens (tertiary/aromatic N) is 1. The summed E-state index contributed by atoms with van der Waals surface area (Å²) in [6, 6.07) is 0. The van der Waals surface area contributed by atoms with Crippen molar-refractivity contribution in [2.75, 3.05) is 32.8 Å². The molecule has 0 aliphatic carbocycles. The van der Waals surface area contributed by atoms with Crippen LogP contribution in [0.15, 0.2) is 12.2 Å². The molecule has 1 saturated heterocycles. The number of hydrogen-bond donors (Lipinski definition) is 0. The first-order valence-corrected chi connectivity index (χ1v) is 6.82. The highest BCUT2D eigenvalue weighted by atomic mass is 16.5. The van der Waals surface area contributed by atoms with Crippen LogP contribution in [0.3, 0.4) is 0 Å². The summed E-state index contributed by atoms with van der Waals surface area (Å²) in [6.45, 7) is 14.3. The molecule has 17 heavy (non-hydrogen) atoms. The monoisotopic (exact) mass is 243 g/mol. The quantitative estimate of drug-likeness (QED) is 0.711. The van der Waals surface area contributed by atoms with Gasteiger partial charge in [-0.2, -0.15) is 0 Å². The van der Waals surface area contributed by atoms with Gasteiger partial charge in [0, 0.05) is 26.1 Å². The second kappa shape index (κ2) is 15.3. The van der Waals surface area contributed by atoms with Crippen LogP contribution in [0.1, 0.15) is 41.0 Å². The van der Waals surface area contributed by atoms with Gasteiger partial charge < -0.3 is 4.74 Å². The van der Waals surface area contributed by atoms with Gasteiger partial charge in [-0.1, -0.05) is 40.7 Å². The van der Waals surface area contributed by atoms with E-state index in [2.05, 4.69) is 4.90 Å². The predicted molar refractivity (Wildman–Crippen MR) is 74.4 cm³/mol. The maximum absolute atomic E-state index is 10.9. The van der Waals surface area contributed by atoms with E-state index in [9.17, 15) is 4.79 Å². The lowest BCUT2D eigenvalue weighted by Gasteiger charge is -2.24. The molecule has 0 saturated carbocycles. The highest BCUT2D eigenvalue weighted by Crippen LogP contribution is 1.96. The summed E-state index contributed by atoms with van der Waals surface area (Å²) in [5, 5.41) is 0. The number of carbonyl (C=O) groups excluding carboxylic acids is 1. The largest absolute Gasteiger partial charge is 0.379 e. The van der Waals surface area contributed by atoms with E-state index < -0.39 is 0 Å². The van der Waals surface area contributed by atoms with Crippen LogP contribution >= 0.6 is 0 Å². The fraction of sp³-hybridized carbons (Fsp3) is 0.786. The average Bonchev–Trinajstić information content (AvgIpc) is 2.44. The molecule has 0 atom stereocenters. The van der Waals surface area contributed by atoms with Crippen molar-refractivity contribution in [3.8, 4) is 0 Å². The molecule has 0 aromatic rings. The van der Waals surface area contributed by atoms with Crippen LogP contribution in [-0.4, -0.2) is 43.5 Å². The summed E-state index contributed by atoms with van der Waals surface area (Å²) in [5.74, 6) is 0.202. The van der Waals surface area contributed by atoms with Crippen LogP contribution in [0, 0.1) is 0 Å². The van der Waals surface area contributed by atoms with Gasteiger partial charge in [0.25, 0.3) is 0 Å². The van der Waals surface area contributed by atoms with Crippen LogP contribution in [0.5, 0.6) is 0 Å². The number of hydrogen-bond acceptors (Lipinski definition) is 3. The Hall–Kier alpha value is -0.670. The molecule has 1 aliphatic heterocycles. The van der Waals surface area contributed by atoms with E-state index in [0.717, 1.165) is 32.8 Å².